The second-order valence-electron chi connectivity index (χ2n) is 4.54. The number of ether oxygens (including phenoxy) is 1. The highest BCUT2D eigenvalue weighted by molar-refractivity contribution is 5.87. The highest BCUT2D eigenvalue weighted by atomic mass is 16.5. The van der Waals surface area contributed by atoms with Crippen LogP contribution in [0.4, 0.5) is 0 Å². The summed E-state index contributed by atoms with van der Waals surface area (Å²) in [4.78, 5) is 22.8. The van der Waals surface area contributed by atoms with Crippen molar-refractivity contribution >= 4 is 11.9 Å². The summed E-state index contributed by atoms with van der Waals surface area (Å²) in [5.74, 6) is -0.296. The van der Waals surface area contributed by atoms with E-state index in [4.69, 9.17) is 5.73 Å². The van der Waals surface area contributed by atoms with Crippen molar-refractivity contribution in [3.05, 3.63) is 0 Å². The highest BCUT2D eigenvalue weighted by Crippen LogP contribution is 2.07. The van der Waals surface area contributed by atoms with E-state index in [0.29, 0.717) is 18.9 Å². The molecule has 1 amide bonds. The van der Waals surface area contributed by atoms with Gasteiger partial charge in [-0.15, -0.1) is 0 Å². The van der Waals surface area contributed by atoms with Gasteiger partial charge in [-0.2, -0.15) is 0 Å². The second-order valence-corrected chi connectivity index (χ2v) is 4.54. The molecule has 3 N–H and O–H groups in total. The third kappa shape index (κ3) is 5.11. The maximum atomic E-state index is 11.5. The second kappa shape index (κ2) is 6.48. The molecule has 0 aromatic rings. The van der Waals surface area contributed by atoms with Crippen molar-refractivity contribution in [2.45, 2.75) is 39.2 Å². The van der Waals surface area contributed by atoms with E-state index in [1.807, 2.05) is 6.92 Å². The quantitative estimate of drug-likeness (QED) is 0.648. The summed E-state index contributed by atoms with van der Waals surface area (Å²) >= 11 is 0. The number of carbonyl (C=O) groups excluding carboxylic acids is 2. The molecule has 5 heteroatoms. The molecule has 1 atom stereocenters. The Labute approximate surface area is 96.7 Å². The summed E-state index contributed by atoms with van der Waals surface area (Å²) in [6.45, 7) is 5.78. The molecule has 0 aliphatic carbocycles. The van der Waals surface area contributed by atoms with Crippen LogP contribution in [0.15, 0.2) is 0 Å². The predicted octanol–water partition coefficient (Wildman–Crippen LogP) is 0.429. The SMILES string of the molecule is COC(=O)C(C)(C)NC(=O)CCC(C)CN. The van der Waals surface area contributed by atoms with Gasteiger partial charge in [0.05, 0.1) is 7.11 Å². The van der Waals surface area contributed by atoms with E-state index in [0.717, 1.165) is 6.42 Å². The van der Waals surface area contributed by atoms with Crippen molar-refractivity contribution in [3.8, 4) is 0 Å². The van der Waals surface area contributed by atoms with Crippen molar-refractivity contribution in [1.29, 1.82) is 0 Å². The molecular formula is C11H22N2O3. The molecule has 1 unspecified atom stereocenters. The van der Waals surface area contributed by atoms with Crippen LogP contribution < -0.4 is 11.1 Å². The van der Waals surface area contributed by atoms with Crippen LogP contribution in [0, 0.1) is 5.92 Å². The average molecular weight is 230 g/mol. The summed E-state index contributed by atoms with van der Waals surface area (Å²) in [7, 11) is 1.30. The van der Waals surface area contributed by atoms with Crippen LogP contribution in [-0.4, -0.2) is 31.1 Å². The molecule has 0 heterocycles. The number of nitrogens with two attached hydrogens (primary N) is 1. The molecule has 0 aliphatic heterocycles. The minimum Gasteiger partial charge on any atom is -0.467 e. The first kappa shape index (κ1) is 14.9. The van der Waals surface area contributed by atoms with Crippen molar-refractivity contribution in [1.82, 2.24) is 5.32 Å². The summed E-state index contributed by atoms with van der Waals surface area (Å²) < 4.78 is 4.59. The monoisotopic (exact) mass is 230 g/mol. The van der Waals surface area contributed by atoms with E-state index in [1.54, 1.807) is 13.8 Å². The highest BCUT2D eigenvalue weighted by Gasteiger charge is 2.30. The molecule has 0 aromatic carbocycles. The van der Waals surface area contributed by atoms with Crippen molar-refractivity contribution in [2.24, 2.45) is 11.7 Å². The van der Waals surface area contributed by atoms with Gasteiger partial charge in [-0.05, 0) is 32.7 Å². The number of hydrogen-bond donors (Lipinski definition) is 2. The Kier molecular flexibility index (Phi) is 6.03. The fourth-order valence-corrected chi connectivity index (χ4v) is 1.21. The molecule has 0 aliphatic rings. The minimum absolute atomic E-state index is 0.157. The standard InChI is InChI=1S/C11H22N2O3/c1-8(7-12)5-6-9(14)13-11(2,3)10(15)16-4/h8H,5-7,12H2,1-4H3,(H,13,14). The lowest BCUT2D eigenvalue weighted by atomic mass is 10.0. The zero-order valence-corrected chi connectivity index (χ0v) is 10.5. The molecular weight excluding hydrogens is 208 g/mol. The number of carbonyl (C=O) groups is 2. The van der Waals surface area contributed by atoms with E-state index >= 15 is 0 Å². The van der Waals surface area contributed by atoms with Gasteiger partial charge < -0.3 is 15.8 Å². The summed E-state index contributed by atoms with van der Waals surface area (Å²) in [6.07, 6.45) is 1.10. The van der Waals surface area contributed by atoms with Gasteiger partial charge in [0.25, 0.3) is 0 Å². The molecule has 0 aromatic heterocycles. The van der Waals surface area contributed by atoms with Gasteiger partial charge in [0.15, 0.2) is 0 Å². The topological polar surface area (TPSA) is 81.4 Å². The Morgan fingerprint density at radius 2 is 2.00 bits per heavy atom. The molecule has 0 fully saturated rings. The van der Waals surface area contributed by atoms with Gasteiger partial charge in [0, 0.05) is 6.42 Å². The fourth-order valence-electron chi connectivity index (χ4n) is 1.21. The largest absolute Gasteiger partial charge is 0.467 e. The summed E-state index contributed by atoms with van der Waals surface area (Å²) in [5, 5.41) is 2.63. The Bertz CT molecular complexity index is 252. The van der Waals surface area contributed by atoms with Gasteiger partial charge >= 0.3 is 5.97 Å². The lowest BCUT2D eigenvalue weighted by molar-refractivity contribution is -0.149. The molecule has 5 nitrogen and oxygen atoms in total. The van der Waals surface area contributed by atoms with Gasteiger partial charge in [-0.25, -0.2) is 4.79 Å². The molecule has 0 radical (unpaired) electrons. The van der Waals surface area contributed by atoms with Crippen LogP contribution >= 0.6 is 0 Å². The van der Waals surface area contributed by atoms with Crippen LogP contribution in [0.1, 0.15) is 33.6 Å². The van der Waals surface area contributed by atoms with Gasteiger partial charge in [-0.1, -0.05) is 6.92 Å². The minimum atomic E-state index is -0.974. The lowest BCUT2D eigenvalue weighted by Gasteiger charge is -2.23. The Morgan fingerprint density at radius 1 is 1.44 bits per heavy atom. The van der Waals surface area contributed by atoms with Gasteiger partial charge in [-0.3, -0.25) is 4.79 Å². The Hall–Kier alpha value is -1.10. The van der Waals surface area contributed by atoms with Crippen molar-refractivity contribution in [2.75, 3.05) is 13.7 Å². The van der Waals surface area contributed by atoms with E-state index in [-0.39, 0.29) is 5.91 Å². The van der Waals surface area contributed by atoms with Crippen LogP contribution in [0.25, 0.3) is 0 Å². The number of amides is 1. The molecule has 0 saturated heterocycles. The van der Waals surface area contributed by atoms with Gasteiger partial charge in [0.1, 0.15) is 5.54 Å². The number of hydrogen-bond acceptors (Lipinski definition) is 4. The van der Waals surface area contributed by atoms with Crippen molar-refractivity contribution < 1.29 is 14.3 Å². The van der Waals surface area contributed by atoms with E-state index in [9.17, 15) is 9.59 Å². The summed E-state index contributed by atoms with van der Waals surface area (Å²) in [5.41, 5.74) is 4.48. The van der Waals surface area contributed by atoms with Crippen LogP contribution in [-0.2, 0) is 14.3 Å². The first-order valence-corrected chi connectivity index (χ1v) is 5.43. The van der Waals surface area contributed by atoms with Crippen LogP contribution in [0.3, 0.4) is 0 Å². The number of methoxy groups -OCH3 is 1. The van der Waals surface area contributed by atoms with E-state index in [2.05, 4.69) is 10.1 Å². The van der Waals surface area contributed by atoms with Crippen molar-refractivity contribution in [3.63, 3.8) is 0 Å². The van der Waals surface area contributed by atoms with E-state index < -0.39 is 11.5 Å². The predicted molar refractivity (Wildman–Crippen MR) is 61.7 cm³/mol. The zero-order chi connectivity index (χ0) is 12.8. The number of esters is 1. The maximum absolute atomic E-state index is 11.5. The van der Waals surface area contributed by atoms with E-state index in [1.165, 1.54) is 7.11 Å². The average Bonchev–Trinajstić information content (AvgIpc) is 2.23. The normalized spacial score (nSPS) is 13.1. The third-order valence-electron chi connectivity index (χ3n) is 2.41. The molecule has 0 spiro atoms. The molecule has 16 heavy (non-hydrogen) atoms. The molecule has 0 bridgehead atoms. The molecule has 0 rings (SSSR count). The smallest absolute Gasteiger partial charge is 0.330 e. The first-order chi connectivity index (χ1) is 7.33. The first-order valence-electron chi connectivity index (χ1n) is 5.43. The summed E-state index contributed by atoms with van der Waals surface area (Å²) in [6, 6.07) is 0. The maximum Gasteiger partial charge on any atom is 0.330 e. The zero-order valence-electron chi connectivity index (χ0n) is 10.5. The number of rotatable bonds is 6. The Morgan fingerprint density at radius 3 is 2.44 bits per heavy atom. The molecule has 0 saturated carbocycles. The molecule has 94 valence electrons. The fraction of sp³-hybridized carbons (Fsp3) is 0.818. The third-order valence-corrected chi connectivity index (χ3v) is 2.41. The Balaban J connectivity index is 4.09. The lowest BCUT2D eigenvalue weighted by Crippen LogP contribution is -2.50. The van der Waals surface area contributed by atoms with Crippen LogP contribution in [0.2, 0.25) is 0 Å². The van der Waals surface area contributed by atoms with Crippen LogP contribution in [0.5, 0.6) is 0 Å². The van der Waals surface area contributed by atoms with Gasteiger partial charge in [0.2, 0.25) is 5.91 Å². The number of nitrogens with one attached hydrogen (secondary N) is 1.